The van der Waals surface area contributed by atoms with Crippen molar-refractivity contribution in [2.45, 2.75) is 18.7 Å². The van der Waals surface area contributed by atoms with Gasteiger partial charge in [0.25, 0.3) is 0 Å². The molecule has 0 unspecified atom stereocenters. The molecule has 0 aliphatic carbocycles. The van der Waals surface area contributed by atoms with Gasteiger partial charge in [-0.05, 0) is 85.0 Å². The number of halogens is 2. The van der Waals surface area contributed by atoms with Crippen molar-refractivity contribution in [1.82, 2.24) is 0 Å². The van der Waals surface area contributed by atoms with E-state index < -0.39 is 0 Å². The Morgan fingerprint density at radius 2 is 1.32 bits per heavy atom. The number of nitrogens with two attached hydrogens (primary N) is 2. The first kappa shape index (κ1) is 24.1. The third-order valence-electron chi connectivity index (χ3n) is 2.46. The molecule has 0 bridgehead atoms. The smallest absolute Gasteiger partial charge is 0.0314 e. The zero-order valence-electron chi connectivity index (χ0n) is 14.8. The largest absolute Gasteiger partial charge is 0.399 e. The van der Waals surface area contributed by atoms with Gasteiger partial charge in [0.15, 0.2) is 0 Å². The van der Waals surface area contributed by atoms with Crippen LogP contribution in [0.3, 0.4) is 0 Å². The van der Waals surface area contributed by atoms with Crippen LogP contribution in [0.2, 0.25) is 0 Å². The molecule has 2 aromatic rings. The van der Waals surface area contributed by atoms with Crippen LogP contribution in [0, 0.1) is 3.57 Å². The van der Waals surface area contributed by atoms with Crippen LogP contribution in [0.1, 0.15) is 13.8 Å². The molecule has 0 spiro atoms. The fraction of sp³-hybridized carbons (Fsp3) is 0.200. The predicted molar refractivity (Wildman–Crippen MR) is 129 cm³/mol. The van der Waals surface area contributed by atoms with Gasteiger partial charge in [-0.1, -0.05) is 40.2 Å². The van der Waals surface area contributed by atoms with E-state index in [4.69, 9.17) is 11.5 Å². The van der Waals surface area contributed by atoms with Gasteiger partial charge in [0.05, 0.1) is 0 Å². The average Bonchev–Trinajstić information content (AvgIpc) is 2.58. The van der Waals surface area contributed by atoms with Gasteiger partial charge in [-0.3, -0.25) is 0 Å². The molecule has 0 aliphatic heterocycles. The second-order valence-corrected chi connectivity index (χ2v) is 8.31. The minimum atomic E-state index is 0.815. The third-order valence-corrected chi connectivity index (χ3v) is 5.38. The van der Waals surface area contributed by atoms with E-state index in [-0.39, 0.29) is 0 Å². The molecule has 2 aromatic carbocycles. The molecule has 25 heavy (non-hydrogen) atoms. The highest BCUT2D eigenvalue weighted by Crippen LogP contribution is 2.20. The van der Waals surface area contributed by atoms with Gasteiger partial charge < -0.3 is 11.5 Å². The number of allylic oxidation sites excluding steroid dienone is 1. The SMILES string of the molecule is C=C(C)CBr.C=C(C)CSc1ccc(N)cc1.Nc1ccc(I)cc1. The first-order chi connectivity index (χ1) is 11.7. The number of benzene rings is 2. The van der Waals surface area contributed by atoms with Crippen LogP contribution >= 0.6 is 50.3 Å². The lowest BCUT2D eigenvalue weighted by molar-refractivity contribution is 1.40. The number of thioether (sulfide) groups is 1. The highest BCUT2D eigenvalue weighted by atomic mass is 127. The summed E-state index contributed by atoms with van der Waals surface area (Å²) in [6.07, 6.45) is 0. The Morgan fingerprint density at radius 1 is 0.920 bits per heavy atom. The van der Waals surface area contributed by atoms with Crippen LogP contribution < -0.4 is 11.5 Å². The Kier molecular flexibility index (Phi) is 13.7. The fourth-order valence-corrected chi connectivity index (χ4v) is 2.33. The average molecular weight is 533 g/mol. The zero-order valence-corrected chi connectivity index (χ0v) is 19.3. The van der Waals surface area contributed by atoms with Crippen LogP contribution in [0.25, 0.3) is 0 Å². The Labute approximate surface area is 178 Å². The molecule has 0 saturated carbocycles. The minimum Gasteiger partial charge on any atom is -0.399 e. The topological polar surface area (TPSA) is 52.0 Å². The molecule has 0 aliphatic rings. The fourth-order valence-electron chi connectivity index (χ4n) is 1.23. The number of alkyl halides is 1. The summed E-state index contributed by atoms with van der Waals surface area (Å²) in [5, 5.41) is 0.924. The van der Waals surface area contributed by atoms with Crippen LogP contribution in [0.4, 0.5) is 11.4 Å². The van der Waals surface area contributed by atoms with Crippen molar-refractivity contribution in [3.05, 3.63) is 76.4 Å². The Morgan fingerprint density at radius 3 is 1.64 bits per heavy atom. The standard InChI is InChI=1S/C10H13NS.C6H6IN.C4H7Br/c1-8(2)7-12-10-5-3-9(11)4-6-10;7-5-1-3-6(8)4-2-5;1-4(2)3-5/h3-6H,1,7,11H2,2H3;1-4H,8H2;1,3H2,2H3. The van der Waals surface area contributed by atoms with E-state index in [0.717, 1.165) is 22.5 Å². The van der Waals surface area contributed by atoms with Gasteiger partial charge in [0.2, 0.25) is 0 Å². The van der Waals surface area contributed by atoms with Crippen LogP contribution in [-0.2, 0) is 0 Å². The molecule has 0 radical (unpaired) electrons. The summed E-state index contributed by atoms with van der Waals surface area (Å²) in [5.74, 6) is 0.976. The van der Waals surface area contributed by atoms with Gasteiger partial charge in [-0.15, -0.1) is 11.8 Å². The maximum absolute atomic E-state index is 5.56. The summed E-state index contributed by atoms with van der Waals surface area (Å²) in [6, 6.07) is 15.6. The maximum Gasteiger partial charge on any atom is 0.0314 e. The quantitative estimate of drug-likeness (QED) is 0.150. The van der Waals surface area contributed by atoms with Crippen molar-refractivity contribution >= 4 is 61.7 Å². The molecule has 0 aromatic heterocycles. The van der Waals surface area contributed by atoms with Crippen LogP contribution in [0.5, 0.6) is 0 Å². The summed E-state index contributed by atoms with van der Waals surface area (Å²) in [7, 11) is 0. The Balaban J connectivity index is 0.000000382. The maximum atomic E-state index is 5.56. The molecule has 0 fully saturated rings. The van der Waals surface area contributed by atoms with E-state index in [9.17, 15) is 0 Å². The van der Waals surface area contributed by atoms with Gasteiger partial charge >= 0.3 is 0 Å². The van der Waals surface area contributed by atoms with E-state index in [1.165, 1.54) is 19.6 Å². The summed E-state index contributed by atoms with van der Waals surface area (Å²) in [5.41, 5.74) is 15.0. The van der Waals surface area contributed by atoms with Crippen molar-refractivity contribution < 1.29 is 0 Å². The van der Waals surface area contributed by atoms with E-state index in [1.54, 1.807) is 11.8 Å². The molecule has 2 rings (SSSR count). The normalized spacial score (nSPS) is 9.12. The molecule has 5 heteroatoms. The molecular weight excluding hydrogens is 507 g/mol. The minimum absolute atomic E-state index is 0.815. The molecular formula is C20H26BrIN2S. The Hall–Kier alpha value is -0.920. The second kappa shape index (κ2) is 14.3. The summed E-state index contributed by atoms with van der Waals surface area (Å²) in [6.45, 7) is 11.5. The lowest BCUT2D eigenvalue weighted by atomic mass is 10.3. The van der Waals surface area contributed by atoms with Gasteiger partial charge in [-0.2, -0.15) is 0 Å². The molecule has 0 saturated heterocycles. The first-order valence-corrected chi connectivity index (χ1v) is 10.8. The van der Waals surface area contributed by atoms with E-state index >= 15 is 0 Å². The summed E-state index contributed by atoms with van der Waals surface area (Å²) < 4.78 is 1.22. The first-order valence-electron chi connectivity index (χ1n) is 7.58. The van der Waals surface area contributed by atoms with E-state index in [0.29, 0.717) is 0 Å². The molecule has 2 nitrogen and oxygen atoms in total. The van der Waals surface area contributed by atoms with Gasteiger partial charge in [0, 0.05) is 30.9 Å². The van der Waals surface area contributed by atoms with Crippen molar-refractivity contribution in [3.8, 4) is 0 Å². The molecule has 0 amide bonds. The lowest BCUT2D eigenvalue weighted by Gasteiger charge is -2.00. The van der Waals surface area contributed by atoms with Gasteiger partial charge in [-0.25, -0.2) is 0 Å². The third kappa shape index (κ3) is 15.1. The number of nitrogen functional groups attached to an aromatic ring is 2. The van der Waals surface area contributed by atoms with Crippen molar-refractivity contribution in [2.24, 2.45) is 0 Å². The number of anilines is 2. The van der Waals surface area contributed by atoms with Crippen molar-refractivity contribution in [2.75, 3.05) is 22.6 Å². The van der Waals surface area contributed by atoms with Gasteiger partial charge in [0.1, 0.15) is 0 Å². The summed E-state index contributed by atoms with van der Waals surface area (Å²) >= 11 is 7.24. The Bertz CT molecular complexity index is 619. The van der Waals surface area contributed by atoms with E-state index in [2.05, 4.69) is 51.7 Å². The number of hydrogen-bond acceptors (Lipinski definition) is 3. The van der Waals surface area contributed by atoms with Crippen molar-refractivity contribution in [3.63, 3.8) is 0 Å². The van der Waals surface area contributed by atoms with Crippen LogP contribution in [0.15, 0.2) is 77.7 Å². The zero-order chi connectivity index (χ0) is 19.2. The molecule has 136 valence electrons. The lowest BCUT2D eigenvalue weighted by Crippen LogP contribution is -1.83. The summed E-state index contributed by atoms with van der Waals surface area (Å²) in [4.78, 5) is 1.24. The monoisotopic (exact) mass is 532 g/mol. The highest BCUT2D eigenvalue weighted by molar-refractivity contribution is 14.1. The number of hydrogen-bond donors (Lipinski definition) is 2. The van der Waals surface area contributed by atoms with Crippen LogP contribution in [-0.4, -0.2) is 11.1 Å². The van der Waals surface area contributed by atoms with E-state index in [1.807, 2.05) is 62.4 Å². The molecule has 4 N–H and O–H groups in total. The highest BCUT2D eigenvalue weighted by Gasteiger charge is 1.92. The van der Waals surface area contributed by atoms with Crippen molar-refractivity contribution in [1.29, 1.82) is 0 Å². The second-order valence-electron chi connectivity index (χ2n) is 5.46. The molecule has 0 atom stereocenters. The predicted octanol–water partition coefficient (Wildman–Crippen LogP) is 6.77. The number of rotatable bonds is 4. The molecule has 0 heterocycles.